The average molecular weight is 343 g/mol. The zero-order valence-electron chi connectivity index (χ0n) is 14.1. The molecular weight excluding hydrogens is 318 g/mol. The van der Waals surface area contributed by atoms with E-state index >= 15 is 0 Å². The van der Waals surface area contributed by atoms with E-state index in [0.29, 0.717) is 24.8 Å². The van der Waals surface area contributed by atoms with Crippen LogP contribution in [-0.2, 0) is 10.2 Å². The molecule has 1 aromatic heterocycles. The Kier molecular flexibility index (Phi) is 5.77. The Morgan fingerprint density at radius 1 is 1.30 bits per heavy atom. The zero-order chi connectivity index (χ0) is 17.0. The lowest BCUT2D eigenvalue weighted by molar-refractivity contribution is 0.304. The highest BCUT2D eigenvalue weighted by molar-refractivity contribution is 7.86. The number of likely N-dealkylation sites (N-methyl/N-ethyl adjacent to an activating group) is 1. The molecule has 130 valence electrons. The molecule has 2 heterocycles. The molecule has 1 saturated heterocycles. The highest BCUT2D eigenvalue weighted by Crippen LogP contribution is 2.28. The first kappa shape index (κ1) is 17.9. The van der Waals surface area contributed by atoms with Crippen molar-refractivity contribution in [3.8, 4) is 5.88 Å². The Bertz CT molecular complexity index is 623. The number of rotatable bonds is 7. The van der Waals surface area contributed by atoms with Crippen molar-refractivity contribution in [2.75, 3.05) is 45.7 Å². The third-order valence-electron chi connectivity index (χ3n) is 3.89. The summed E-state index contributed by atoms with van der Waals surface area (Å²) in [6, 6.07) is -0.0940. The maximum atomic E-state index is 12.2. The van der Waals surface area contributed by atoms with Crippen LogP contribution in [0.15, 0.2) is 12.4 Å². The van der Waals surface area contributed by atoms with Crippen LogP contribution in [-0.4, -0.2) is 73.9 Å². The van der Waals surface area contributed by atoms with E-state index in [2.05, 4.69) is 9.97 Å². The Morgan fingerprint density at radius 3 is 2.65 bits per heavy atom. The summed E-state index contributed by atoms with van der Waals surface area (Å²) in [5, 5.41) is 0. The number of anilines is 1. The van der Waals surface area contributed by atoms with Crippen LogP contribution in [0.2, 0.25) is 0 Å². The minimum absolute atomic E-state index is 0.0940. The van der Waals surface area contributed by atoms with E-state index in [1.165, 1.54) is 22.7 Å². The number of ether oxygens (including phenoxy) is 1. The number of hydrogen-bond donors (Lipinski definition) is 0. The van der Waals surface area contributed by atoms with Gasteiger partial charge in [0.2, 0.25) is 0 Å². The number of hydrogen-bond acceptors (Lipinski definition) is 6. The standard InChI is InChI=1S/C14H25N5O3S/c1-5-10-22-14-13(15-7-8-16-14)19-9-6-12(11-19)18(4)23(20,21)17(2)3/h7-8,12H,5-6,9-11H2,1-4H3. The molecular formula is C14H25N5O3S. The second-order valence-electron chi connectivity index (χ2n) is 5.73. The molecule has 0 spiro atoms. The number of aromatic nitrogens is 2. The van der Waals surface area contributed by atoms with Crippen molar-refractivity contribution in [2.24, 2.45) is 0 Å². The molecule has 1 aliphatic heterocycles. The summed E-state index contributed by atoms with van der Waals surface area (Å²) in [7, 11) is 1.28. The summed E-state index contributed by atoms with van der Waals surface area (Å²) < 4.78 is 32.8. The molecule has 1 unspecified atom stereocenters. The van der Waals surface area contributed by atoms with Gasteiger partial charge in [-0.15, -0.1) is 0 Å². The number of nitrogens with zero attached hydrogens (tertiary/aromatic N) is 5. The normalized spacial score (nSPS) is 18.9. The fourth-order valence-corrected chi connectivity index (χ4v) is 3.58. The molecule has 0 saturated carbocycles. The van der Waals surface area contributed by atoms with Crippen LogP contribution < -0.4 is 9.64 Å². The first-order chi connectivity index (χ1) is 10.9. The van der Waals surface area contributed by atoms with Gasteiger partial charge in [0.25, 0.3) is 16.1 Å². The van der Waals surface area contributed by atoms with Crippen LogP contribution in [0.3, 0.4) is 0 Å². The molecule has 0 bridgehead atoms. The van der Waals surface area contributed by atoms with E-state index in [-0.39, 0.29) is 6.04 Å². The molecule has 1 aliphatic rings. The summed E-state index contributed by atoms with van der Waals surface area (Å²) in [6.45, 7) is 3.91. The first-order valence-electron chi connectivity index (χ1n) is 7.72. The Balaban J connectivity index is 2.12. The molecule has 2 rings (SSSR count). The van der Waals surface area contributed by atoms with Crippen molar-refractivity contribution >= 4 is 16.0 Å². The van der Waals surface area contributed by atoms with Crippen LogP contribution in [0, 0.1) is 0 Å². The molecule has 0 N–H and O–H groups in total. The van der Waals surface area contributed by atoms with Gasteiger partial charge in [-0.05, 0) is 12.8 Å². The molecule has 23 heavy (non-hydrogen) atoms. The van der Waals surface area contributed by atoms with Crippen LogP contribution in [0.5, 0.6) is 5.88 Å². The third kappa shape index (κ3) is 3.91. The monoisotopic (exact) mass is 343 g/mol. The van der Waals surface area contributed by atoms with Crippen LogP contribution in [0.1, 0.15) is 19.8 Å². The predicted molar refractivity (Wildman–Crippen MR) is 88.8 cm³/mol. The Morgan fingerprint density at radius 2 is 2.00 bits per heavy atom. The topological polar surface area (TPSA) is 78.9 Å². The van der Waals surface area contributed by atoms with Gasteiger partial charge in [-0.1, -0.05) is 6.92 Å². The van der Waals surface area contributed by atoms with Gasteiger partial charge >= 0.3 is 0 Å². The second-order valence-corrected chi connectivity index (χ2v) is 7.93. The maximum Gasteiger partial charge on any atom is 0.281 e. The highest BCUT2D eigenvalue weighted by atomic mass is 32.2. The Labute approximate surface area is 138 Å². The molecule has 0 amide bonds. The fraction of sp³-hybridized carbons (Fsp3) is 0.714. The largest absolute Gasteiger partial charge is 0.475 e. The van der Waals surface area contributed by atoms with Gasteiger partial charge < -0.3 is 9.64 Å². The minimum Gasteiger partial charge on any atom is -0.475 e. The summed E-state index contributed by atoms with van der Waals surface area (Å²) in [5.41, 5.74) is 0. The van der Waals surface area contributed by atoms with E-state index < -0.39 is 10.2 Å². The fourth-order valence-electron chi connectivity index (χ4n) is 2.51. The Hall–Kier alpha value is -1.45. The van der Waals surface area contributed by atoms with Crippen molar-refractivity contribution in [1.29, 1.82) is 0 Å². The smallest absolute Gasteiger partial charge is 0.281 e. The van der Waals surface area contributed by atoms with E-state index in [4.69, 9.17) is 4.74 Å². The molecule has 1 aromatic rings. The van der Waals surface area contributed by atoms with Crippen molar-refractivity contribution in [3.05, 3.63) is 12.4 Å². The molecule has 0 aliphatic carbocycles. The van der Waals surface area contributed by atoms with Crippen LogP contribution in [0.25, 0.3) is 0 Å². The van der Waals surface area contributed by atoms with Crippen LogP contribution >= 0.6 is 0 Å². The van der Waals surface area contributed by atoms with Gasteiger partial charge in [0, 0.05) is 52.7 Å². The summed E-state index contributed by atoms with van der Waals surface area (Å²) in [6.07, 6.45) is 4.86. The van der Waals surface area contributed by atoms with E-state index in [0.717, 1.165) is 19.4 Å². The van der Waals surface area contributed by atoms with Gasteiger partial charge in [0.05, 0.1) is 6.61 Å². The lowest BCUT2D eigenvalue weighted by atomic mass is 10.3. The lowest BCUT2D eigenvalue weighted by Gasteiger charge is -2.27. The predicted octanol–water partition coefficient (Wildman–Crippen LogP) is 0.582. The molecule has 1 fully saturated rings. The van der Waals surface area contributed by atoms with Crippen molar-refractivity contribution < 1.29 is 13.2 Å². The lowest BCUT2D eigenvalue weighted by Crippen LogP contribution is -2.44. The SMILES string of the molecule is CCCOc1nccnc1N1CCC(N(C)S(=O)(=O)N(C)C)C1. The van der Waals surface area contributed by atoms with E-state index in [9.17, 15) is 8.42 Å². The van der Waals surface area contributed by atoms with Gasteiger partial charge in [-0.25, -0.2) is 9.97 Å². The second kappa shape index (κ2) is 7.41. The quantitative estimate of drug-likeness (QED) is 0.721. The van der Waals surface area contributed by atoms with Gasteiger partial charge in [0.15, 0.2) is 5.82 Å². The maximum absolute atomic E-state index is 12.2. The molecule has 8 nitrogen and oxygen atoms in total. The van der Waals surface area contributed by atoms with Gasteiger partial charge in [-0.2, -0.15) is 17.0 Å². The van der Waals surface area contributed by atoms with Crippen molar-refractivity contribution in [3.63, 3.8) is 0 Å². The van der Waals surface area contributed by atoms with Crippen LogP contribution in [0.4, 0.5) is 5.82 Å². The average Bonchev–Trinajstić information content (AvgIpc) is 3.01. The molecule has 1 atom stereocenters. The molecule has 0 radical (unpaired) electrons. The summed E-state index contributed by atoms with van der Waals surface area (Å²) in [4.78, 5) is 10.6. The van der Waals surface area contributed by atoms with Crippen molar-refractivity contribution in [1.82, 2.24) is 18.6 Å². The van der Waals surface area contributed by atoms with E-state index in [1.54, 1.807) is 19.4 Å². The highest BCUT2D eigenvalue weighted by Gasteiger charge is 2.34. The molecule has 0 aromatic carbocycles. The zero-order valence-corrected chi connectivity index (χ0v) is 15.0. The van der Waals surface area contributed by atoms with Crippen molar-refractivity contribution in [2.45, 2.75) is 25.8 Å². The summed E-state index contributed by atoms with van der Waals surface area (Å²) in [5.74, 6) is 1.19. The molecule has 9 heteroatoms. The van der Waals surface area contributed by atoms with Gasteiger partial charge in [-0.3, -0.25) is 0 Å². The van der Waals surface area contributed by atoms with Gasteiger partial charge in [0.1, 0.15) is 0 Å². The first-order valence-corrected chi connectivity index (χ1v) is 9.11. The third-order valence-corrected chi connectivity index (χ3v) is 5.84. The minimum atomic E-state index is -3.42. The van der Waals surface area contributed by atoms with E-state index in [1.807, 2.05) is 11.8 Å². The summed E-state index contributed by atoms with van der Waals surface area (Å²) >= 11 is 0.